The van der Waals surface area contributed by atoms with Crippen molar-refractivity contribution in [2.45, 2.75) is 26.3 Å². The van der Waals surface area contributed by atoms with Gasteiger partial charge in [-0.2, -0.15) is 0 Å². The minimum absolute atomic E-state index is 0.0728. The van der Waals surface area contributed by atoms with Gasteiger partial charge in [0, 0.05) is 17.0 Å². The van der Waals surface area contributed by atoms with Gasteiger partial charge < -0.3 is 9.73 Å². The number of hydrogen-bond acceptors (Lipinski definition) is 4. The highest BCUT2D eigenvalue weighted by molar-refractivity contribution is 7.13. The molecule has 2 heterocycles. The zero-order valence-electron chi connectivity index (χ0n) is 13.7. The van der Waals surface area contributed by atoms with Gasteiger partial charge >= 0.3 is 0 Å². The Morgan fingerprint density at radius 3 is 2.80 bits per heavy atom. The van der Waals surface area contributed by atoms with Crippen LogP contribution in [-0.4, -0.2) is 10.9 Å². The Labute approximate surface area is 147 Å². The van der Waals surface area contributed by atoms with Gasteiger partial charge in [-0.25, -0.2) is 13.8 Å². The molecule has 0 fully saturated rings. The van der Waals surface area contributed by atoms with E-state index in [0.29, 0.717) is 16.5 Å². The van der Waals surface area contributed by atoms with Crippen molar-refractivity contribution >= 4 is 17.2 Å². The van der Waals surface area contributed by atoms with Gasteiger partial charge in [-0.3, -0.25) is 4.79 Å². The number of benzene rings is 1. The normalized spacial score (nSPS) is 12.2. The number of rotatable bonds is 5. The van der Waals surface area contributed by atoms with Crippen molar-refractivity contribution in [1.29, 1.82) is 0 Å². The Hall–Kier alpha value is -2.54. The predicted octanol–water partition coefficient (Wildman–Crippen LogP) is 4.41. The summed E-state index contributed by atoms with van der Waals surface area (Å²) in [6.45, 7) is 3.49. The summed E-state index contributed by atoms with van der Waals surface area (Å²) in [5, 5.41) is 5.19. The van der Waals surface area contributed by atoms with Crippen molar-refractivity contribution in [1.82, 2.24) is 10.3 Å². The standard InChI is InChI=1S/C18H16F2N2O2S/c1-10-3-6-16(24-10)18-22-13(9-25-18)8-17(23)21-11(2)14-5-4-12(19)7-15(14)20/h3-7,9,11H,8H2,1-2H3,(H,21,23). The fourth-order valence-corrected chi connectivity index (χ4v) is 3.22. The van der Waals surface area contributed by atoms with E-state index < -0.39 is 17.7 Å². The van der Waals surface area contributed by atoms with Gasteiger partial charge in [-0.1, -0.05) is 6.07 Å². The van der Waals surface area contributed by atoms with Crippen molar-refractivity contribution in [3.8, 4) is 10.8 Å². The third-order valence-corrected chi connectivity index (χ3v) is 4.56. The van der Waals surface area contributed by atoms with Gasteiger partial charge in [0.2, 0.25) is 5.91 Å². The Bertz CT molecular complexity index is 904. The third-order valence-electron chi connectivity index (χ3n) is 3.65. The first-order chi connectivity index (χ1) is 11.9. The van der Waals surface area contributed by atoms with Crippen LogP contribution in [0.2, 0.25) is 0 Å². The van der Waals surface area contributed by atoms with Crippen LogP contribution in [0.1, 0.15) is 30.0 Å². The minimum Gasteiger partial charge on any atom is -0.459 e. The van der Waals surface area contributed by atoms with Gasteiger partial charge in [0.05, 0.1) is 18.2 Å². The number of thiazole rings is 1. The van der Waals surface area contributed by atoms with E-state index in [1.54, 1.807) is 12.3 Å². The summed E-state index contributed by atoms with van der Waals surface area (Å²) in [7, 11) is 0. The first kappa shape index (κ1) is 17.3. The minimum atomic E-state index is -0.683. The molecular weight excluding hydrogens is 346 g/mol. The number of amides is 1. The second-order valence-electron chi connectivity index (χ2n) is 5.69. The second-order valence-corrected chi connectivity index (χ2v) is 6.54. The Kier molecular flexibility index (Phi) is 4.94. The lowest BCUT2D eigenvalue weighted by atomic mass is 10.1. The van der Waals surface area contributed by atoms with E-state index in [2.05, 4.69) is 10.3 Å². The molecule has 0 bridgehead atoms. The van der Waals surface area contributed by atoms with Crippen LogP contribution >= 0.6 is 11.3 Å². The average Bonchev–Trinajstić information content (AvgIpc) is 3.15. The SMILES string of the molecule is Cc1ccc(-c2nc(CC(=O)NC(C)c3ccc(F)cc3F)cs2)o1. The first-order valence-electron chi connectivity index (χ1n) is 7.68. The number of furan rings is 1. The maximum absolute atomic E-state index is 13.8. The van der Waals surface area contributed by atoms with E-state index in [0.717, 1.165) is 11.8 Å². The topological polar surface area (TPSA) is 55.1 Å². The van der Waals surface area contributed by atoms with Gasteiger partial charge in [-0.05, 0) is 32.0 Å². The maximum Gasteiger partial charge on any atom is 0.226 e. The van der Waals surface area contributed by atoms with Crippen molar-refractivity contribution in [2.75, 3.05) is 0 Å². The zero-order chi connectivity index (χ0) is 18.0. The Morgan fingerprint density at radius 2 is 2.12 bits per heavy atom. The van der Waals surface area contributed by atoms with Gasteiger partial charge in [0.1, 0.15) is 17.4 Å². The van der Waals surface area contributed by atoms with Crippen LogP contribution in [0.15, 0.2) is 40.1 Å². The van der Waals surface area contributed by atoms with Crippen LogP contribution in [0.5, 0.6) is 0 Å². The molecule has 0 spiro atoms. The smallest absolute Gasteiger partial charge is 0.226 e. The van der Waals surface area contributed by atoms with Crippen LogP contribution < -0.4 is 5.32 Å². The number of carbonyl (C=O) groups excluding carboxylic acids is 1. The highest BCUT2D eigenvalue weighted by atomic mass is 32.1. The number of aromatic nitrogens is 1. The number of nitrogens with zero attached hydrogens (tertiary/aromatic N) is 1. The Balaban J connectivity index is 1.63. The fraction of sp³-hybridized carbons (Fsp3) is 0.222. The summed E-state index contributed by atoms with van der Waals surface area (Å²) in [6.07, 6.45) is 0.0728. The zero-order valence-corrected chi connectivity index (χ0v) is 14.5. The van der Waals surface area contributed by atoms with Crippen LogP contribution in [-0.2, 0) is 11.2 Å². The summed E-state index contributed by atoms with van der Waals surface area (Å²) < 4.78 is 32.2. The quantitative estimate of drug-likeness (QED) is 0.731. The van der Waals surface area contributed by atoms with Crippen LogP contribution in [0.3, 0.4) is 0 Å². The molecule has 1 aromatic carbocycles. The molecule has 1 unspecified atom stereocenters. The highest BCUT2D eigenvalue weighted by Crippen LogP contribution is 2.26. The molecule has 3 rings (SSSR count). The van der Waals surface area contributed by atoms with Gasteiger partial charge in [-0.15, -0.1) is 11.3 Å². The third kappa shape index (κ3) is 4.11. The number of nitrogens with one attached hydrogen (secondary N) is 1. The Morgan fingerprint density at radius 1 is 1.32 bits per heavy atom. The number of carbonyl (C=O) groups is 1. The summed E-state index contributed by atoms with van der Waals surface area (Å²) in [6, 6.07) is 6.41. The van der Waals surface area contributed by atoms with E-state index in [1.165, 1.54) is 23.5 Å². The maximum atomic E-state index is 13.8. The molecular formula is C18H16F2N2O2S. The predicted molar refractivity (Wildman–Crippen MR) is 91.2 cm³/mol. The summed E-state index contributed by atoms with van der Waals surface area (Å²) in [5.74, 6) is -0.167. The number of hydrogen-bond donors (Lipinski definition) is 1. The van der Waals surface area contributed by atoms with Crippen molar-refractivity contribution in [3.63, 3.8) is 0 Å². The van der Waals surface area contributed by atoms with Crippen LogP contribution in [0.25, 0.3) is 10.8 Å². The monoisotopic (exact) mass is 362 g/mol. The summed E-state index contributed by atoms with van der Waals surface area (Å²) >= 11 is 1.39. The molecule has 25 heavy (non-hydrogen) atoms. The number of halogens is 2. The lowest BCUT2D eigenvalue weighted by molar-refractivity contribution is -0.121. The average molecular weight is 362 g/mol. The first-order valence-corrected chi connectivity index (χ1v) is 8.56. The molecule has 0 aliphatic rings. The molecule has 130 valence electrons. The molecule has 0 aliphatic heterocycles. The lowest BCUT2D eigenvalue weighted by Gasteiger charge is -2.14. The molecule has 0 saturated carbocycles. The summed E-state index contributed by atoms with van der Waals surface area (Å²) in [4.78, 5) is 16.5. The molecule has 2 aromatic heterocycles. The van der Waals surface area contributed by atoms with Crippen molar-refractivity contribution in [3.05, 3.63) is 64.4 Å². The van der Waals surface area contributed by atoms with Crippen LogP contribution in [0, 0.1) is 18.6 Å². The van der Waals surface area contributed by atoms with E-state index in [-0.39, 0.29) is 17.9 Å². The largest absolute Gasteiger partial charge is 0.459 e. The number of aryl methyl sites for hydroxylation is 1. The highest BCUT2D eigenvalue weighted by Gasteiger charge is 2.16. The second kappa shape index (κ2) is 7.14. The van der Waals surface area contributed by atoms with Gasteiger partial charge in [0.25, 0.3) is 0 Å². The molecule has 4 nitrogen and oxygen atoms in total. The van der Waals surface area contributed by atoms with Crippen molar-refractivity contribution in [2.24, 2.45) is 0 Å². The molecule has 1 amide bonds. The molecule has 0 saturated heterocycles. The van der Waals surface area contributed by atoms with E-state index in [1.807, 2.05) is 19.1 Å². The lowest BCUT2D eigenvalue weighted by Crippen LogP contribution is -2.28. The molecule has 1 N–H and O–H groups in total. The van der Waals surface area contributed by atoms with Gasteiger partial charge in [0.15, 0.2) is 10.8 Å². The molecule has 7 heteroatoms. The van der Waals surface area contributed by atoms with E-state index in [4.69, 9.17) is 4.42 Å². The van der Waals surface area contributed by atoms with Crippen molar-refractivity contribution < 1.29 is 18.0 Å². The van der Waals surface area contributed by atoms with E-state index >= 15 is 0 Å². The summed E-state index contributed by atoms with van der Waals surface area (Å²) in [5.41, 5.74) is 0.845. The fourth-order valence-electron chi connectivity index (χ4n) is 2.44. The van der Waals surface area contributed by atoms with E-state index in [9.17, 15) is 13.6 Å². The molecule has 0 radical (unpaired) electrons. The molecule has 0 aliphatic carbocycles. The van der Waals surface area contributed by atoms with Crippen LogP contribution in [0.4, 0.5) is 8.78 Å². The molecule has 3 aromatic rings. The molecule has 1 atom stereocenters.